The number of aryl methyl sites for hydroxylation is 2. The first-order chi connectivity index (χ1) is 29.3. The molecule has 10 rings (SSSR count). The summed E-state index contributed by atoms with van der Waals surface area (Å²) in [5.41, 5.74) is 15.5. The highest BCUT2D eigenvalue weighted by Gasteiger charge is 2.60. The van der Waals surface area contributed by atoms with Gasteiger partial charge in [-0.05, 0) is 158 Å². The number of nitrogens with zero attached hydrogens (tertiary/aromatic N) is 2. The second kappa shape index (κ2) is 14.5. The van der Waals surface area contributed by atoms with E-state index in [4.69, 9.17) is 0 Å². The molecule has 0 heterocycles. The molecule has 0 aliphatic heterocycles. The molecule has 0 N–H and O–H groups in total. The third kappa shape index (κ3) is 6.18. The van der Waals surface area contributed by atoms with Crippen molar-refractivity contribution < 1.29 is 0 Å². The van der Waals surface area contributed by atoms with E-state index in [1.807, 2.05) is 0 Å². The summed E-state index contributed by atoms with van der Waals surface area (Å²) in [4.78, 5) is 4.83. The number of hydrogen-bond acceptors (Lipinski definition) is 2. The van der Waals surface area contributed by atoms with Gasteiger partial charge in [-0.15, -0.1) is 0 Å². The Morgan fingerprint density at radius 3 is 1.41 bits per heavy atom. The molecule has 0 saturated heterocycles. The molecule has 9 aromatic carbocycles. The lowest BCUT2D eigenvalue weighted by atomic mass is 9.90. The van der Waals surface area contributed by atoms with E-state index >= 15 is 0 Å². The maximum Gasteiger partial charge on any atom is 0.0579 e. The molecule has 0 saturated carbocycles. The molecule has 1 aliphatic rings. The minimum Gasteiger partial charge on any atom is -0.310 e. The first-order valence-corrected chi connectivity index (χ1v) is 28.8. The van der Waals surface area contributed by atoms with E-state index in [0.717, 1.165) is 11.4 Å². The predicted molar refractivity (Wildman–Crippen MR) is 271 cm³/mol. The van der Waals surface area contributed by atoms with Crippen molar-refractivity contribution in [2.75, 3.05) is 9.80 Å². The monoisotopic (exact) mass is 822 g/mol. The van der Waals surface area contributed by atoms with Crippen LogP contribution in [-0.4, -0.2) is 16.1 Å². The molecule has 0 fully saturated rings. The molecule has 0 amide bonds. The van der Waals surface area contributed by atoms with Crippen molar-refractivity contribution in [2.45, 2.75) is 57.8 Å². The molecule has 4 heteroatoms. The highest BCUT2D eigenvalue weighted by atomic mass is 28.4. The van der Waals surface area contributed by atoms with Gasteiger partial charge in [-0.25, -0.2) is 0 Å². The van der Waals surface area contributed by atoms with Gasteiger partial charge in [-0.1, -0.05) is 142 Å². The van der Waals surface area contributed by atoms with Gasteiger partial charge in [0.15, 0.2) is 0 Å². The van der Waals surface area contributed by atoms with Crippen molar-refractivity contribution in [3.8, 4) is 11.1 Å². The fourth-order valence-corrected chi connectivity index (χ4v) is 24.4. The van der Waals surface area contributed by atoms with Crippen LogP contribution in [0.1, 0.15) is 22.3 Å². The summed E-state index contributed by atoms with van der Waals surface area (Å²) in [6, 6.07) is 68.3. The Bertz CT molecular complexity index is 3130. The van der Waals surface area contributed by atoms with Gasteiger partial charge in [0.05, 0.1) is 16.1 Å². The Morgan fingerprint density at radius 1 is 0.361 bits per heavy atom. The highest BCUT2D eigenvalue weighted by molar-refractivity contribution is 7.00. The van der Waals surface area contributed by atoms with Gasteiger partial charge in [0.25, 0.3) is 0 Å². The minimum atomic E-state index is -2.06. The summed E-state index contributed by atoms with van der Waals surface area (Å²) in [6.07, 6.45) is 0. The Balaban J connectivity index is 1.26. The molecule has 2 nitrogen and oxygen atoms in total. The van der Waals surface area contributed by atoms with Gasteiger partial charge in [0.1, 0.15) is 0 Å². The third-order valence-electron chi connectivity index (χ3n) is 13.3. The average Bonchev–Trinajstić information content (AvgIpc) is 3.56. The molecule has 1 aliphatic carbocycles. The van der Waals surface area contributed by atoms with Gasteiger partial charge in [0, 0.05) is 38.8 Å². The van der Waals surface area contributed by atoms with Crippen molar-refractivity contribution in [3.05, 3.63) is 204 Å². The van der Waals surface area contributed by atoms with Crippen LogP contribution in [-0.2, 0) is 4.66 Å². The molecule has 0 atom stereocenters. The molecule has 61 heavy (non-hydrogen) atoms. The number of hydrogen-bond donors (Lipinski definition) is 0. The lowest BCUT2D eigenvalue weighted by Gasteiger charge is -2.51. The van der Waals surface area contributed by atoms with Crippen LogP contribution >= 0.6 is 0 Å². The second-order valence-corrected chi connectivity index (χ2v) is 30.2. The van der Waals surface area contributed by atoms with Crippen LogP contribution in [0.3, 0.4) is 0 Å². The van der Waals surface area contributed by atoms with Crippen LogP contribution in [0.2, 0.25) is 39.3 Å². The van der Waals surface area contributed by atoms with E-state index < -0.39 is 16.1 Å². The van der Waals surface area contributed by atoms with Gasteiger partial charge in [0.2, 0.25) is 0 Å². The van der Waals surface area contributed by atoms with E-state index in [1.165, 1.54) is 77.3 Å². The van der Waals surface area contributed by atoms with E-state index in [2.05, 4.69) is 245 Å². The molecule has 0 unspecified atom stereocenters. The topological polar surface area (TPSA) is 6.48 Å². The number of benzene rings is 9. The van der Waals surface area contributed by atoms with Gasteiger partial charge >= 0.3 is 0 Å². The molecule has 300 valence electrons. The van der Waals surface area contributed by atoms with E-state index in [1.54, 1.807) is 11.1 Å². The van der Waals surface area contributed by atoms with Gasteiger partial charge in [-0.3, -0.25) is 0 Å². The van der Waals surface area contributed by atoms with Crippen molar-refractivity contribution >= 4 is 82.6 Å². The van der Waals surface area contributed by atoms with Crippen molar-refractivity contribution in [1.82, 2.24) is 0 Å². The van der Waals surface area contributed by atoms with Crippen LogP contribution in [0.15, 0.2) is 182 Å². The Kier molecular flexibility index (Phi) is 9.24. The molecule has 0 radical (unpaired) electrons. The molecule has 9 aromatic rings. The van der Waals surface area contributed by atoms with Crippen LogP contribution in [0.25, 0.3) is 43.4 Å². The van der Waals surface area contributed by atoms with Crippen molar-refractivity contribution in [2.24, 2.45) is 0 Å². The zero-order valence-corrected chi connectivity index (χ0v) is 38.7. The fourth-order valence-electron chi connectivity index (χ4n) is 11.3. The summed E-state index contributed by atoms with van der Waals surface area (Å²) < 4.78 is -0.0655. The number of rotatable bonds is 8. The Labute approximate surface area is 363 Å². The largest absolute Gasteiger partial charge is 0.310 e. The smallest absolute Gasteiger partial charge is 0.0579 e. The number of anilines is 6. The fraction of sp³-hybridized carbons (Fsp3) is 0.158. The maximum atomic E-state index is 2.64. The third-order valence-corrected chi connectivity index (χ3v) is 23.4. The summed E-state index contributed by atoms with van der Waals surface area (Å²) in [6.45, 7) is 20.2. The van der Waals surface area contributed by atoms with Crippen LogP contribution < -0.4 is 9.80 Å². The standard InChI is InChI=1S/C57H54N2Si2/c1-39-19-17-25-45(33-39)58(43-21-11-9-12-22-43)47-30-29-41-36-53-54(37-42(41)35-47)57(60(3,4)5,61(6,7)8)56-51-32-31-48(38-52(51)49-27-15-16-28-50(49)55(53)56)59(44-23-13-10-14-24-44)46-26-18-20-40(2)34-46/h9-38H,1-8H3. The number of fused-ring (bicyclic) bond motifs is 9. The highest BCUT2D eigenvalue weighted by Crippen LogP contribution is 2.62. The summed E-state index contributed by atoms with van der Waals surface area (Å²) >= 11 is 0. The zero-order valence-electron chi connectivity index (χ0n) is 36.7. The van der Waals surface area contributed by atoms with Gasteiger partial charge < -0.3 is 9.80 Å². The Morgan fingerprint density at radius 2 is 0.852 bits per heavy atom. The van der Waals surface area contributed by atoms with Gasteiger partial charge in [-0.2, -0.15) is 0 Å². The quantitative estimate of drug-likeness (QED) is 0.111. The molecule has 0 spiro atoms. The zero-order chi connectivity index (χ0) is 42.3. The summed E-state index contributed by atoms with van der Waals surface area (Å²) in [7, 11) is -4.11. The van der Waals surface area contributed by atoms with E-state index in [-0.39, 0.29) is 4.66 Å². The van der Waals surface area contributed by atoms with E-state index in [0.29, 0.717) is 0 Å². The lowest BCUT2D eigenvalue weighted by Crippen LogP contribution is -2.63. The molecular formula is C57H54N2Si2. The van der Waals surface area contributed by atoms with Crippen LogP contribution in [0.5, 0.6) is 0 Å². The van der Waals surface area contributed by atoms with Crippen LogP contribution in [0, 0.1) is 13.8 Å². The summed E-state index contributed by atoms with van der Waals surface area (Å²) in [5, 5.41) is 7.98. The molecule has 0 aromatic heterocycles. The average molecular weight is 823 g/mol. The number of para-hydroxylation sites is 2. The van der Waals surface area contributed by atoms with Crippen molar-refractivity contribution in [1.29, 1.82) is 0 Å². The predicted octanol–water partition coefficient (Wildman–Crippen LogP) is 16.7. The van der Waals surface area contributed by atoms with Crippen molar-refractivity contribution in [3.63, 3.8) is 0 Å². The molecule has 0 bridgehead atoms. The first kappa shape index (κ1) is 39.0. The normalized spacial score (nSPS) is 13.4. The lowest BCUT2D eigenvalue weighted by molar-refractivity contribution is 0.965. The second-order valence-electron chi connectivity index (χ2n) is 19.2. The minimum absolute atomic E-state index is 0.0655. The molecular weight excluding hydrogens is 769 g/mol. The summed E-state index contributed by atoms with van der Waals surface area (Å²) in [5.74, 6) is 0. The maximum absolute atomic E-state index is 2.64. The van der Waals surface area contributed by atoms with Crippen LogP contribution in [0.4, 0.5) is 34.1 Å². The first-order valence-electron chi connectivity index (χ1n) is 21.8. The Hall–Kier alpha value is -6.21. The SMILES string of the molecule is Cc1cccc(N(c2ccccc2)c2ccc3cc4c(cc3c2)C([Si](C)(C)C)([Si](C)(C)C)c2c-4c3ccccc3c3cc(N(c4ccccc4)c4cccc(C)c4)ccc23)c1. The van der Waals surface area contributed by atoms with E-state index in [9.17, 15) is 0 Å².